The highest BCUT2D eigenvalue weighted by atomic mass is 16.5. The van der Waals surface area contributed by atoms with Gasteiger partial charge in [-0.25, -0.2) is 0 Å². The molecule has 0 amide bonds. The lowest BCUT2D eigenvalue weighted by Gasteiger charge is -2.47. The molecule has 1 rings (SSSR count). The summed E-state index contributed by atoms with van der Waals surface area (Å²) in [4.78, 5) is 0. The average molecular weight is 171 g/mol. The molecule has 0 aromatic carbocycles. The van der Waals surface area contributed by atoms with Crippen molar-refractivity contribution < 1.29 is 4.74 Å². The molecule has 72 valence electrons. The van der Waals surface area contributed by atoms with Gasteiger partial charge in [-0.15, -0.1) is 0 Å². The molecule has 1 atom stereocenters. The van der Waals surface area contributed by atoms with Gasteiger partial charge in [0.1, 0.15) is 0 Å². The maximum absolute atomic E-state index is 5.62. The first-order valence-corrected chi connectivity index (χ1v) is 5.02. The van der Waals surface area contributed by atoms with Gasteiger partial charge >= 0.3 is 0 Å². The van der Waals surface area contributed by atoms with Crippen molar-refractivity contribution >= 4 is 0 Å². The molecule has 0 aromatic rings. The molecule has 0 heterocycles. The fourth-order valence-corrected chi connectivity index (χ4v) is 2.50. The van der Waals surface area contributed by atoms with Gasteiger partial charge in [0.05, 0.1) is 6.10 Å². The Morgan fingerprint density at radius 1 is 1.50 bits per heavy atom. The van der Waals surface area contributed by atoms with E-state index >= 15 is 0 Å². The third-order valence-corrected chi connectivity index (χ3v) is 3.33. The van der Waals surface area contributed by atoms with Crippen LogP contribution in [0.2, 0.25) is 0 Å². The minimum atomic E-state index is 0.440. The van der Waals surface area contributed by atoms with Crippen LogP contribution in [-0.2, 0) is 4.74 Å². The van der Waals surface area contributed by atoms with E-state index in [0.29, 0.717) is 11.5 Å². The van der Waals surface area contributed by atoms with E-state index in [4.69, 9.17) is 10.5 Å². The number of nitrogens with two attached hydrogens (primary N) is 1. The summed E-state index contributed by atoms with van der Waals surface area (Å²) in [6.45, 7) is 3.00. The summed E-state index contributed by atoms with van der Waals surface area (Å²) >= 11 is 0. The van der Waals surface area contributed by atoms with Gasteiger partial charge in [0.25, 0.3) is 0 Å². The zero-order valence-electron chi connectivity index (χ0n) is 8.31. The first kappa shape index (κ1) is 10.0. The molecule has 12 heavy (non-hydrogen) atoms. The van der Waals surface area contributed by atoms with Crippen molar-refractivity contribution in [1.82, 2.24) is 0 Å². The van der Waals surface area contributed by atoms with Crippen LogP contribution in [0.4, 0.5) is 0 Å². The highest BCUT2D eigenvalue weighted by Crippen LogP contribution is 2.48. The van der Waals surface area contributed by atoms with Crippen molar-refractivity contribution in [2.24, 2.45) is 11.1 Å². The first-order valence-electron chi connectivity index (χ1n) is 5.02. The molecule has 0 aliphatic heterocycles. The molecule has 1 aliphatic carbocycles. The minimum absolute atomic E-state index is 0.440. The van der Waals surface area contributed by atoms with Crippen LogP contribution >= 0.6 is 0 Å². The van der Waals surface area contributed by atoms with E-state index in [1.807, 2.05) is 7.11 Å². The van der Waals surface area contributed by atoms with Crippen LogP contribution in [0.5, 0.6) is 0 Å². The molecule has 1 unspecified atom stereocenters. The molecule has 0 saturated heterocycles. The van der Waals surface area contributed by atoms with Gasteiger partial charge in [0, 0.05) is 7.11 Å². The SMILES string of the molecule is CCC(OC)C1(CCN)CCC1. The summed E-state index contributed by atoms with van der Waals surface area (Å²) in [5.74, 6) is 0. The second kappa shape index (κ2) is 4.24. The summed E-state index contributed by atoms with van der Waals surface area (Å²) < 4.78 is 5.50. The molecule has 1 saturated carbocycles. The van der Waals surface area contributed by atoms with Crippen LogP contribution in [0.3, 0.4) is 0 Å². The first-order chi connectivity index (χ1) is 5.79. The predicted octanol–water partition coefficient (Wildman–Crippen LogP) is 1.93. The number of ether oxygens (including phenoxy) is 1. The molecule has 0 aromatic heterocycles. The standard InChI is InChI=1S/C10H21NO/c1-3-9(12-2)10(7-8-11)5-4-6-10/h9H,3-8,11H2,1-2H3. The third-order valence-electron chi connectivity index (χ3n) is 3.33. The Labute approximate surface area is 75.5 Å². The molecule has 2 N–H and O–H groups in total. The van der Waals surface area contributed by atoms with E-state index < -0.39 is 0 Å². The zero-order chi connectivity index (χ0) is 9.03. The Bertz CT molecular complexity index is 128. The lowest BCUT2D eigenvalue weighted by atomic mass is 9.62. The molecular formula is C10H21NO. The van der Waals surface area contributed by atoms with Crippen molar-refractivity contribution in [2.75, 3.05) is 13.7 Å². The van der Waals surface area contributed by atoms with Crippen molar-refractivity contribution in [1.29, 1.82) is 0 Å². The maximum Gasteiger partial charge on any atom is 0.0625 e. The monoisotopic (exact) mass is 171 g/mol. The van der Waals surface area contributed by atoms with Crippen LogP contribution in [0.25, 0.3) is 0 Å². The van der Waals surface area contributed by atoms with Crippen molar-refractivity contribution in [3.8, 4) is 0 Å². The van der Waals surface area contributed by atoms with Crippen molar-refractivity contribution in [2.45, 2.75) is 45.1 Å². The summed E-state index contributed by atoms with van der Waals surface area (Å²) in [6, 6.07) is 0. The van der Waals surface area contributed by atoms with Crippen molar-refractivity contribution in [3.05, 3.63) is 0 Å². The second-order valence-electron chi connectivity index (χ2n) is 3.89. The van der Waals surface area contributed by atoms with E-state index in [0.717, 1.165) is 19.4 Å². The maximum atomic E-state index is 5.62. The van der Waals surface area contributed by atoms with Gasteiger partial charge in [-0.2, -0.15) is 0 Å². The van der Waals surface area contributed by atoms with Gasteiger partial charge in [-0.05, 0) is 37.6 Å². The summed E-state index contributed by atoms with van der Waals surface area (Å²) in [7, 11) is 1.82. The summed E-state index contributed by atoms with van der Waals surface area (Å²) in [5.41, 5.74) is 6.06. The molecule has 2 nitrogen and oxygen atoms in total. The Kier molecular flexibility index (Phi) is 3.53. The number of methoxy groups -OCH3 is 1. The fourth-order valence-electron chi connectivity index (χ4n) is 2.50. The summed E-state index contributed by atoms with van der Waals surface area (Å²) in [5, 5.41) is 0. The molecule has 1 aliphatic rings. The van der Waals surface area contributed by atoms with E-state index in [1.54, 1.807) is 0 Å². The van der Waals surface area contributed by atoms with Gasteiger partial charge in [0.15, 0.2) is 0 Å². The largest absolute Gasteiger partial charge is 0.381 e. The lowest BCUT2D eigenvalue weighted by Crippen LogP contribution is -2.43. The number of rotatable bonds is 5. The van der Waals surface area contributed by atoms with Crippen LogP contribution in [-0.4, -0.2) is 19.8 Å². The third kappa shape index (κ3) is 1.64. The smallest absolute Gasteiger partial charge is 0.0625 e. The van der Waals surface area contributed by atoms with Crippen molar-refractivity contribution in [3.63, 3.8) is 0 Å². The molecule has 0 radical (unpaired) electrons. The van der Waals surface area contributed by atoms with Gasteiger partial charge in [-0.1, -0.05) is 13.3 Å². The molecule has 2 heteroatoms. The number of hydrogen-bond donors (Lipinski definition) is 1. The van der Waals surface area contributed by atoms with E-state index in [1.165, 1.54) is 19.3 Å². The van der Waals surface area contributed by atoms with E-state index in [-0.39, 0.29) is 0 Å². The molecule has 0 spiro atoms. The Hall–Kier alpha value is -0.0800. The second-order valence-corrected chi connectivity index (χ2v) is 3.89. The molecular weight excluding hydrogens is 150 g/mol. The Balaban J connectivity index is 2.51. The van der Waals surface area contributed by atoms with Crippen LogP contribution < -0.4 is 5.73 Å². The molecule has 0 bridgehead atoms. The highest BCUT2D eigenvalue weighted by molar-refractivity contribution is 4.93. The average Bonchev–Trinajstić information content (AvgIpc) is 2.02. The van der Waals surface area contributed by atoms with Gasteiger partial charge in [-0.3, -0.25) is 0 Å². The topological polar surface area (TPSA) is 35.2 Å². The predicted molar refractivity (Wildman–Crippen MR) is 51.0 cm³/mol. The zero-order valence-corrected chi connectivity index (χ0v) is 8.31. The summed E-state index contributed by atoms with van der Waals surface area (Å²) in [6.07, 6.45) is 6.69. The normalized spacial score (nSPS) is 23.2. The number of hydrogen-bond acceptors (Lipinski definition) is 2. The quantitative estimate of drug-likeness (QED) is 0.686. The van der Waals surface area contributed by atoms with Crippen LogP contribution in [0, 0.1) is 5.41 Å². The molecule has 1 fully saturated rings. The fraction of sp³-hybridized carbons (Fsp3) is 1.00. The van der Waals surface area contributed by atoms with E-state index in [2.05, 4.69) is 6.92 Å². The minimum Gasteiger partial charge on any atom is -0.381 e. The Morgan fingerprint density at radius 3 is 2.42 bits per heavy atom. The lowest BCUT2D eigenvalue weighted by molar-refractivity contribution is -0.0663. The highest BCUT2D eigenvalue weighted by Gasteiger charge is 2.42. The Morgan fingerprint density at radius 2 is 2.17 bits per heavy atom. The van der Waals surface area contributed by atoms with Gasteiger partial charge in [0.2, 0.25) is 0 Å². The van der Waals surface area contributed by atoms with E-state index in [9.17, 15) is 0 Å². The van der Waals surface area contributed by atoms with Gasteiger partial charge < -0.3 is 10.5 Å². The van der Waals surface area contributed by atoms with Crippen LogP contribution in [0.15, 0.2) is 0 Å². The van der Waals surface area contributed by atoms with Crippen LogP contribution in [0.1, 0.15) is 39.0 Å².